The van der Waals surface area contributed by atoms with E-state index in [1.165, 1.54) is 12.7 Å². The number of methoxy groups -OCH3 is 1. The van der Waals surface area contributed by atoms with Gasteiger partial charge in [0.05, 0.1) is 18.1 Å². The maximum atomic E-state index is 11.5. The van der Waals surface area contributed by atoms with E-state index in [2.05, 4.69) is 11.1 Å². The summed E-state index contributed by atoms with van der Waals surface area (Å²) in [6, 6.07) is 2.06. The summed E-state index contributed by atoms with van der Waals surface area (Å²) in [5.41, 5.74) is 2.18. The second kappa shape index (κ2) is 6.38. The lowest BCUT2D eigenvalue weighted by Gasteiger charge is -2.27. The minimum Gasteiger partial charge on any atom is -0.469 e. The lowest BCUT2D eigenvalue weighted by Crippen LogP contribution is -2.23. The van der Waals surface area contributed by atoms with Gasteiger partial charge < -0.3 is 4.74 Å². The first-order chi connectivity index (χ1) is 9.10. The van der Waals surface area contributed by atoms with Crippen LogP contribution >= 0.6 is 11.6 Å². The fourth-order valence-electron chi connectivity index (χ4n) is 2.84. The third-order valence-corrected chi connectivity index (χ3v) is 4.30. The maximum absolute atomic E-state index is 11.5. The van der Waals surface area contributed by atoms with Gasteiger partial charge in [0, 0.05) is 11.9 Å². The summed E-state index contributed by atoms with van der Waals surface area (Å²) in [6.07, 6.45) is 6.70. The molecule has 0 aromatic carbocycles. The van der Waals surface area contributed by atoms with Gasteiger partial charge >= 0.3 is 5.97 Å². The number of hydrogen-bond donors (Lipinski definition) is 0. The molecule has 1 aromatic heterocycles. The zero-order valence-electron chi connectivity index (χ0n) is 11.5. The van der Waals surface area contributed by atoms with E-state index in [0.29, 0.717) is 5.92 Å². The Bertz CT molecular complexity index is 453. The standard InChI is InChI=1S/C15H20ClNO2/c1-10-7-13(14(16)9-17-10)8-11-3-5-12(6-4-11)15(18)19-2/h7,9,11-12H,3-6,8H2,1-2H3/t11-,12-. The van der Waals surface area contributed by atoms with Crippen molar-refractivity contribution in [3.05, 3.63) is 28.5 Å². The van der Waals surface area contributed by atoms with Crippen LogP contribution in [0.25, 0.3) is 0 Å². The summed E-state index contributed by atoms with van der Waals surface area (Å²) < 4.78 is 4.81. The average molecular weight is 282 g/mol. The number of esters is 1. The Hall–Kier alpha value is -1.09. The van der Waals surface area contributed by atoms with E-state index in [0.717, 1.165) is 42.8 Å². The quantitative estimate of drug-likeness (QED) is 0.795. The topological polar surface area (TPSA) is 39.2 Å². The molecule has 0 saturated heterocycles. The number of ether oxygens (including phenoxy) is 1. The molecular formula is C15H20ClNO2. The van der Waals surface area contributed by atoms with Crippen LogP contribution in [0.2, 0.25) is 5.02 Å². The number of carbonyl (C=O) groups is 1. The Labute approximate surface area is 119 Å². The van der Waals surface area contributed by atoms with Crippen LogP contribution in [0.5, 0.6) is 0 Å². The molecule has 0 N–H and O–H groups in total. The summed E-state index contributed by atoms with van der Waals surface area (Å²) in [5, 5.41) is 0.751. The molecule has 0 aliphatic heterocycles. The molecule has 0 radical (unpaired) electrons. The largest absolute Gasteiger partial charge is 0.469 e. The molecule has 104 valence electrons. The van der Waals surface area contributed by atoms with Gasteiger partial charge in [-0.05, 0) is 56.6 Å². The molecular weight excluding hydrogens is 262 g/mol. The van der Waals surface area contributed by atoms with Gasteiger partial charge in [0.15, 0.2) is 0 Å². The third kappa shape index (κ3) is 3.69. The summed E-state index contributed by atoms with van der Waals surface area (Å²) in [6.45, 7) is 1.98. The number of rotatable bonds is 3. The summed E-state index contributed by atoms with van der Waals surface area (Å²) in [4.78, 5) is 15.7. The summed E-state index contributed by atoms with van der Waals surface area (Å²) >= 11 is 6.18. The van der Waals surface area contributed by atoms with Crippen molar-refractivity contribution in [1.82, 2.24) is 4.98 Å². The van der Waals surface area contributed by atoms with Crippen LogP contribution < -0.4 is 0 Å². The second-order valence-electron chi connectivity index (χ2n) is 5.36. The van der Waals surface area contributed by atoms with Crippen molar-refractivity contribution in [2.45, 2.75) is 39.0 Å². The number of aromatic nitrogens is 1. The maximum Gasteiger partial charge on any atom is 0.308 e. The van der Waals surface area contributed by atoms with Crippen LogP contribution in [0.3, 0.4) is 0 Å². The van der Waals surface area contributed by atoms with E-state index in [1.807, 2.05) is 6.92 Å². The van der Waals surface area contributed by atoms with Gasteiger partial charge in [-0.25, -0.2) is 0 Å². The van der Waals surface area contributed by atoms with Crippen molar-refractivity contribution in [2.24, 2.45) is 11.8 Å². The molecule has 2 rings (SSSR count). The number of aryl methyl sites for hydroxylation is 1. The Morgan fingerprint density at radius 3 is 2.74 bits per heavy atom. The first-order valence-corrected chi connectivity index (χ1v) is 7.16. The van der Waals surface area contributed by atoms with E-state index < -0.39 is 0 Å². The Balaban J connectivity index is 1.92. The second-order valence-corrected chi connectivity index (χ2v) is 5.77. The van der Waals surface area contributed by atoms with Crippen molar-refractivity contribution < 1.29 is 9.53 Å². The zero-order chi connectivity index (χ0) is 13.8. The minimum absolute atomic E-state index is 0.0590. The molecule has 0 unspecified atom stereocenters. The Morgan fingerprint density at radius 1 is 1.42 bits per heavy atom. The van der Waals surface area contributed by atoms with Gasteiger partial charge in [0.25, 0.3) is 0 Å². The highest BCUT2D eigenvalue weighted by Gasteiger charge is 2.27. The predicted molar refractivity (Wildman–Crippen MR) is 75.2 cm³/mol. The van der Waals surface area contributed by atoms with Crippen LogP contribution in [0.1, 0.15) is 36.9 Å². The fraction of sp³-hybridized carbons (Fsp3) is 0.600. The number of nitrogens with zero attached hydrogens (tertiary/aromatic N) is 1. The normalized spacial score (nSPS) is 23.1. The monoisotopic (exact) mass is 281 g/mol. The molecule has 0 amide bonds. The van der Waals surface area contributed by atoms with Crippen molar-refractivity contribution in [2.75, 3.05) is 7.11 Å². The smallest absolute Gasteiger partial charge is 0.308 e. The molecule has 1 heterocycles. The molecule has 0 atom stereocenters. The fourth-order valence-corrected chi connectivity index (χ4v) is 3.02. The summed E-state index contributed by atoms with van der Waals surface area (Å²) in [5.74, 6) is 0.646. The van der Waals surface area contributed by atoms with Crippen LogP contribution in [0, 0.1) is 18.8 Å². The van der Waals surface area contributed by atoms with Gasteiger partial charge in [-0.2, -0.15) is 0 Å². The highest BCUT2D eigenvalue weighted by Crippen LogP contribution is 2.33. The number of hydrogen-bond acceptors (Lipinski definition) is 3. The van der Waals surface area contributed by atoms with Gasteiger partial charge in [-0.3, -0.25) is 9.78 Å². The molecule has 1 saturated carbocycles. The van der Waals surface area contributed by atoms with E-state index >= 15 is 0 Å². The van der Waals surface area contributed by atoms with Crippen LogP contribution in [0.4, 0.5) is 0 Å². The number of pyridine rings is 1. The van der Waals surface area contributed by atoms with Crippen molar-refractivity contribution >= 4 is 17.6 Å². The predicted octanol–water partition coefficient (Wildman–Crippen LogP) is 3.57. The average Bonchev–Trinajstić information content (AvgIpc) is 2.43. The molecule has 1 aliphatic rings. The first kappa shape index (κ1) is 14.3. The Morgan fingerprint density at radius 2 is 2.11 bits per heavy atom. The van der Waals surface area contributed by atoms with Crippen LogP contribution in [-0.2, 0) is 16.0 Å². The van der Waals surface area contributed by atoms with Crippen LogP contribution in [0.15, 0.2) is 12.3 Å². The van der Waals surface area contributed by atoms with E-state index in [4.69, 9.17) is 16.3 Å². The molecule has 3 nitrogen and oxygen atoms in total. The molecule has 0 bridgehead atoms. The molecule has 4 heteroatoms. The lowest BCUT2D eigenvalue weighted by atomic mass is 9.79. The lowest BCUT2D eigenvalue weighted by molar-refractivity contribution is -0.146. The van der Waals surface area contributed by atoms with Crippen molar-refractivity contribution in [3.8, 4) is 0 Å². The number of carbonyl (C=O) groups excluding carboxylic acids is 1. The van der Waals surface area contributed by atoms with Crippen LogP contribution in [-0.4, -0.2) is 18.1 Å². The SMILES string of the molecule is COC(=O)[C@H]1CC[C@H](Cc2cc(C)ncc2Cl)CC1. The highest BCUT2D eigenvalue weighted by atomic mass is 35.5. The molecule has 19 heavy (non-hydrogen) atoms. The molecule has 1 fully saturated rings. The zero-order valence-corrected chi connectivity index (χ0v) is 12.2. The van der Waals surface area contributed by atoms with Gasteiger partial charge in [0.1, 0.15) is 0 Å². The van der Waals surface area contributed by atoms with Gasteiger partial charge in [0.2, 0.25) is 0 Å². The van der Waals surface area contributed by atoms with Gasteiger partial charge in [-0.1, -0.05) is 11.6 Å². The first-order valence-electron chi connectivity index (χ1n) is 6.79. The highest BCUT2D eigenvalue weighted by molar-refractivity contribution is 6.31. The van der Waals surface area contributed by atoms with Gasteiger partial charge in [-0.15, -0.1) is 0 Å². The van der Waals surface area contributed by atoms with E-state index in [9.17, 15) is 4.79 Å². The third-order valence-electron chi connectivity index (χ3n) is 3.96. The van der Waals surface area contributed by atoms with E-state index in [1.54, 1.807) is 6.20 Å². The Kier molecular flexibility index (Phi) is 4.81. The van der Waals surface area contributed by atoms with E-state index in [-0.39, 0.29) is 11.9 Å². The van der Waals surface area contributed by atoms with Crippen molar-refractivity contribution in [1.29, 1.82) is 0 Å². The van der Waals surface area contributed by atoms with Crippen molar-refractivity contribution in [3.63, 3.8) is 0 Å². The minimum atomic E-state index is -0.0590. The molecule has 1 aromatic rings. The molecule has 0 spiro atoms. The molecule has 1 aliphatic carbocycles. The summed E-state index contributed by atoms with van der Waals surface area (Å²) in [7, 11) is 1.47. The number of halogens is 1.